The van der Waals surface area contributed by atoms with Crippen LogP contribution in [0.15, 0.2) is 53.1 Å². The van der Waals surface area contributed by atoms with Crippen molar-refractivity contribution in [1.82, 2.24) is 19.7 Å². The van der Waals surface area contributed by atoms with Gasteiger partial charge in [0.1, 0.15) is 12.2 Å². The summed E-state index contributed by atoms with van der Waals surface area (Å²) in [5, 5.41) is 7.09. The van der Waals surface area contributed by atoms with Gasteiger partial charge in [-0.25, -0.2) is 0 Å². The molecule has 3 aromatic rings. The summed E-state index contributed by atoms with van der Waals surface area (Å²) in [6, 6.07) is 4.90. The van der Waals surface area contributed by atoms with Gasteiger partial charge in [-0.15, -0.1) is 0 Å². The molecule has 0 saturated carbocycles. The number of aromatic amines is 1. The van der Waals surface area contributed by atoms with Crippen molar-refractivity contribution in [2.24, 2.45) is 0 Å². The number of pyridine rings is 1. The van der Waals surface area contributed by atoms with Gasteiger partial charge in [-0.05, 0) is 38.1 Å². The number of carbonyl (C=O) groups is 1. The summed E-state index contributed by atoms with van der Waals surface area (Å²) in [4.78, 5) is 29.8. The molecule has 1 amide bonds. The molecule has 4 heterocycles. The van der Waals surface area contributed by atoms with E-state index in [1.165, 1.54) is 12.3 Å². The molecule has 1 saturated heterocycles. The van der Waals surface area contributed by atoms with Crippen molar-refractivity contribution in [3.05, 3.63) is 58.7 Å². The number of allylic oxidation sites excluding steroid dienone is 2. The highest BCUT2D eigenvalue weighted by molar-refractivity contribution is 6.05. The van der Waals surface area contributed by atoms with Gasteiger partial charge >= 0.3 is 6.18 Å². The van der Waals surface area contributed by atoms with E-state index in [1.54, 1.807) is 34.1 Å². The third-order valence-electron chi connectivity index (χ3n) is 6.20. The summed E-state index contributed by atoms with van der Waals surface area (Å²) in [5.41, 5.74) is 0.607. The van der Waals surface area contributed by atoms with E-state index in [4.69, 9.17) is 4.74 Å². The van der Waals surface area contributed by atoms with Crippen LogP contribution in [0.2, 0.25) is 0 Å². The normalized spacial score (nSPS) is 21.1. The number of H-pyrrole nitrogens is 1. The molecule has 1 aromatic carbocycles. The fourth-order valence-corrected chi connectivity index (χ4v) is 4.82. The Hall–Kier alpha value is -3.60. The number of anilines is 1. The number of ether oxygens (including phenoxy) is 1. The third-order valence-corrected chi connectivity index (χ3v) is 6.20. The van der Waals surface area contributed by atoms with E-state index < -0.39 is 18.3 Å². The number of hydrogen-bond acceptors (Lipinski definition) is 5. The lowest BCUT2D eigenvalue weighted by molar-refractivity contribution is -0.140. The second kappa shape index (κ2) is 8.56. The Bertz CT molecular complexity index is 1410. The Morgan fingerprint density at radius 3 is 2.66 bits per heavy atom. The number of hydrogen-bond donors (Lipinski definition) is 1. The highest BCUT2D eigenvalue weighted by Gasteiger charge is 2.32. The van der Waals surface area contributed by atoms with Crippen molar-refractivity contribution in [1.29, 1.82) is 0 Å². The lowest BCUT2D eigenvalue weighted by Gasteiger charge is -2.38. The van der Waals surface area contributed by atoms with Crippen molar-refractivity contribution < 1.29 is 22.7 Å². The van der Waals surface area contributed by atoms with E-state index in [9.17, 15) is 22.8 Å². The van der Waals surface area contributed by atoms with Crippen LogP contribution in [0, 0.1) is 0 Å². The van der Waals surface area contributed by atoms with Crippen LogP contribution in [0.25, 0.3) is 21.8 Å². The fraction of sp³-hybridized carbons (Fsp3) is 0.375. The zero-order valence-corrected chi connectivity index (χ0v) is 19.2. The lowest BCUT2D eigenvalue weighted by atomic mass is 10.1. The Balaban J connectivity index is 1.59. The van der Waals surface area contributed by atoms with Crippen LogP contribution >= 0.6 is 0 Å². The van der Waals surface area contributed by atoms with Gasteiger partial charge in [0.25, 0.3) is 11.5 Å². The monoisotopic (exact) mass is 487 g/mol. The number of alkyl halides is 3. The van der Waals surface area contributed by atoms with Gasteiger partial charge in [-0.3, -0.25) is 19.3 Å². The molecule has 1 N–H and O–H groups in total. The van der Waals surface area contributed by atoms with Crippen LogP contribution in [0.3, 0.4) is 0 Å². The lowest BCUT2D eigenvalue weighted by Crippen LogP contribution is -2.50. The highest BCUT2D eigenvalue weighted by Crippen LogP contribution is 2.31. The van der Waals surface area contributed by atoms with E-state index in [-0.39, 0.29) is 29.0 Å². The van der Waals surface area contributed by atoms with E-state index in [2.05, 4.69) is 10.2 Å². The summed E-state index contributed by atoms with van der Waals surface area (Å²) >= 11 is 0. The van der Waals surface area contributed by atoms with Crippen molar-refractivity contribution in [2.45, 2.75) is 38.8 Å². The second-order valence-corrected chi connectivity index (χ2v) is 8.92. The molecule has 35 heavy (non-hydrogen) atoms. The van der Waals surface area contributed by atoms with Gasteiger partial charge < -0.3 is 14.5 Å². The SMILES string of the molecule is C[C@@H]1CN(C(=O)C2=CC=CCN2c2ccc3c4[nH]ncc4c(=O)n(CC(F)(F)F)c3c2)C[C@H](C)O1. The molecule has 0 aliphatic carbocycles. The zero-order valence-electron chi connectivity index (χ0n) is 19.2. The van der Waals surface area contributed by atoms with E-state index >= 15 is 0 Å². The topological polar surface area (TPSA) is 83.5 Å². The molecule has 5 rings (SSSR count). The van der Waals surface area contributed by atoms with E-state index in [1.807, 2.05) is 19.9 Å². The molecule has 2 atom stereocenters. The minimum atomic E-state index is -4.59. The van der Waals surface area contributed by atoms with Crippen LogP contribution in [0.1, 0.15) is 13.8 Å². The molecule has 2 aromatic heterocycles. The smallest absolute Gasteiger partial charge is 0.372 e. The Morgan fingerprint density at radius 1 is 1.20 bits per heavy atom. The number of fused-ring (bicyclic) bond motifs is 3. The van der Waals surface area contributed by atoms with Crippen LogP contribution in [0.4, 0.5) is 18.9 Å². The molecule has 2 aliphatic heterocycles. The molecule has 184 valence electrons. The molecule has 0 radical (unpaired) electrons. The van der Waals surface area contributed by atoms with Gasteiger partial charge in [-0.1, -0.05) is 12.2 Å². The van der Waals surface area contributed by atoms with Gasteiger partial charge in [-0.2, -0.15) is 18.3 Å². The van der Waals surface area contributed by atoms with E-state index in [0.29, 0.717) is 46.5 Å². The summed E-state index contributed by atoms with van der Waals surface area (Å²) in [7, 11) is 0. The minimum absolute atomic E-state index is 0.0849. The van der Waals surface area contributed by atoms with Gasteiger partial charge in [0, 0.05) is 30.7 Å². The van der Waals surface area contributed by atoms with Gasteiger partial charge in [0.2, 0.25) is 0 Å². The van der Waals surface area contributed by atoms with Crippen LogP contribution in [-0.4, -0.2) is 63.6 Å². The maximum Gasteiger partial charge on any atom is 0.406 e. The zero-order chi connectivity index (χ0) is 24.9. The number of nitrogens with one attached hydrogen (secondary N) is 1. The van der Waals surface area contributed by atoms with E-state index in [0.717, 1.165) is 0 Å². The molecule has 0 bridgehead atoms. The molecule has 2 aliphatic rings. The Labute approximate surface area is 198 Å². The number of halogens is 3. The second-order valence-electron chi connectivity index (χ2n) is 8.92. The number of rotatable bonds is 3. The maximum atomic E-state index is 13.4. The van der Waals surface area contributed by atoms with Crippen LogP contribution < -0.4 is 10.5 Å². The molecule has 1 fully saturated rings. The van der Waals surface area contributed by atoms with Crippen LogP contribution in [-0.2, 0) is 16.1 Å². The van der Waals surface area contributed by atoms with Crippen molar-refractivity contribution in [2.75, 3.05) is 24.5 Å². The standard InChI is InChI=1S/C24H24F3N5O3/c1-14-11-30(12-15(2)35-14)23(34)19-5-3-4-8-31(19)16-6-7-17-20(9-16)32(13-24(25,26)27)22(33)18-10-28-29-21(17)18/h3-7,9-10,14-15H,8,11-13H2,1-2H3,(H,28,29)/t14-,15+. The van der Waals surface area contributed by atoms with Crippen molar-refractivity contribution >= 4 is 33.4 Å². The Kier molecular flexibility index (Phi) is 5.66. The number of aromatic nitrogens is 3. The van der Waals surface area contributed by atoms with Crippen LogP contribution in [0.5, 0.6) is 0 Å². The highest BCUT2D eigenvalue weighted by atomic mass is 19.4. The minimum Gasteiger partial charge on any atom is -0.372 e. The van der Waals surface area contributed by atoms with Crippen molar-refractivity contribution in [3.8, 4) is 0 Å². The number of amides is 1. The summed E-state index contributed by atoms with van der Waals surface area (Å²) < 4.78 is 46.6. The number of carbonyl (C=O) groups excluding carboxylic acids is 1. The molecular formula is C24H24F3N5O3. The number of benzene rings is 1. The van der Waals surface area contributed by atoms with Gasteiger partial charge in [0.05, 0.1) is 34.8 Å². The molecular weight excluding hydrogens is 463 g/mol. The predicted molar refractivity (Wildman–Crippen MR) is 125 cm³/mol. The largest absolute Gasteiger partial charge is 0.406 e. The summed E-state index contributed by atoms with van der Waals surface area (Å²) in [5.74, 6) is -0.187. The summed E-state index contributed by atoms with van der Waals surface area (Å²) in [6.45, 7) is 3.62. The predicted octanol–water partition coefficient (Wildman–Crippen LogP) is 3.34. The first-order valence-electron chi connectivity index (χ1n) is 11.3. The average Bonchev–Trinajstić information content (AvgIpc) is 3.30. The molecule has 0 spiro atoms. The molecule has 11 heteroatoms. The number of nitrogens with zero attached hydrogens (tertiary/aromatic N) is 4. The quantitative estimate of drug-likeness (QED) is 0.613. The first-order valence-corrected chi connectivity index (χ1v) is 11.3. The number of morpholine rings is 1. The van der Waals surface area contributed by atoms with Gasteiger partial charge in [0.15, 0.2) is 0 Å². The Morgan fingerprint density at radius 2 is 1.94 bits per heavy atom. The first-order chi connectivity index (χ1) is 16.6. The average molecular weight is 487 g/mol. The first kappa shape index (κ1) is 23.2. The third kappa shape index (κ3) is 4.31. The maximum absolute atomic E-state index is 13.4. The molecule has 0 unspecified atom stereocenters. The molecule has 8 nitrogen and oxygen atoms in total. The fourth-order valence-electron chi connectivity index (χ4n) is 4.82. The van der Waals surface area contributed by atoms with Crippen molar-refractivity contribution in [3.63, 3.8) is 0 Å². The summed E-state index contributed by atoms with van der Waals surface area (Å²) in [6.07, 6.45) is 1.76.